The van der Waals surface area contributed by atoms with Gasteiger partial charge in [0.2, 0.25) is 0 Å². The molecule has 4 aromatic heterocycles. The molecule has 204 valence electrons. The van der Waals surface area contributed by atoms with Crippen molar-refractivity contribution in [1.82, 2.24) is 9.13 Å². The molecule has 0 unspecified atom stereocenters. The molecule has 0 amide bonds. The Bertz CT molecular complexity index is 1740. The van der Waals surface area contributed by atoms with Crippen molar-refractivity contribution in [3.63, 3.8) is 0 Å². The number of rotatable bonds is 11. The van der Waals surface area contributed by atoms with Crippen LogP contribution in [0.25, 0.3) is 43.0 Å². The number of aryl methyl sites for hydroxylation is 1. The zero-order chi connectivity index (χ0) is 29.4. The standard InChI is InChI=1S/C33H30N6S2/c1-4-7-25-18-32(29-11-9-27(39(29)15-6-3)17-24(21-36)22-37)41-33(25)31-13-12-30(40-31)28-10-8-26(38(28)14-5-2)16-23(19-34)20-35/h8-13,16-18H,4-7,14-15H2,1-3H3. The summed E-state index contributed by atoms with van der Waals surface area (Å²) in [6.07, 6.45) is 7.20. The van der Waals surface area contributed by atoms with Crippen LogP contribution in [0.3, 0.4) is 0 Å². The molecule has 8 heteroatoms. The molecule has 41 heavy (non-hydrogen) atoms. The minimum atomic E-state index is 0.0946. The van der Waals surface area contributed by atoms with Crippen LogP contribution in [0.1, 0.15) is 57.0 Å². The lowest BCUT2D eigenvalue weighted by molar-refractivity contribution is 0.685. The van der Waals surface area contributed by atoms with Crippen molar-refractivity contribution < 1.29 is 0 Å². The summed E-state index contributed by atoms with van der Waals surface area (Å²) in [5, 5.41) is 37.0. The van der Waals surface area contributed by atoms with Crippen LogP contribution in [0.4, 0.5) is 0 Å². The highest BCUT2D eigenvalue weighted by Crippen LogP contribution is 2.44. The molecule has 4 rings (SSSR count). The van der Waals surface area contributed by atoms with E-state index >= 15 is 0 Å². The van der Waals surface area contributed by atoms with Crippen molar-refractivity contribution >= 4 is 34.8 Å². The largest absolute Gasteiger partial charge is 0.340 e. The Morgan fingerprint density at radius 3 is 1.66 bits per heavy atom. The Hall–Kier alpha value is -4.60. The number of hydrogen-bond donors (Lipinski definition) is 0. The van der Waals surface area contributed by atoms with Gasteiger partial charge in [0.25, 0.3) is 0 Å². The van der Waals surface area contributed by atoms with Crippen LogP contribution >= 0.6 is 22.7 Å². The average molecular weight is 575 g/mol. The second-order valence-corrected chi connectivity index (χ2v) is 11.7. The van der Waals surface area contributed by atoms with E-state index in [0.29, 0.717) is 0 Å². The zero-order valence-corrected chi connectivity index (χ0v) is 25.1. The first-order chi connectivity index (χ1) is 20.0. The number of hydrogen-bond acceptors (Lipinski definition) is 6. The van der Waals surface area contributed by atoms with Gasteiger partial charge in [-0.15, -0.1) is 22.7 Å². The van der Waals surface area contributed by atoms with Gasteiger partial charge in [-0.2, -0.15) is 21.0 Å². The van der Waals surface area contributed by atoms with Gasteiger partial charge in [-0.1, -0.05) is 27.2 Å². The zero-order valence-electron chi connectivity index (χ0n) is 23.4. The Kier molecular flexibility index (Phi) is 9.78. The van der Waals surface area contributed by atoms with E-state index < -0.39 is 0 Å². The van der Waals surface area contributed by atoms with Crippen LogP contribution in [-0.2, 0) is 19.5 Å². The minimum absolute atomic E-state index is 0.0946. The lowest BCUT2D eigenvalue weighted by atomic mass is 10.1. The van der Waals surface area contributed by atoms with Crippen molar-refractivity contribution in [1.29, 1.82) is 21.0 Å². The Morgan fingerprint density at radius 1 is 0.659 bits per heavy atom. The Labute approximate surface area is 249 Å². The third kappa shape index (κ3) is 6.26. The van der Waals surface area contributed by atoms with Crippen molar-refractivity contribution in [3.05, 3.63) is 70.6 Å². The molecule has 0 aliphatic carbocycles. The smallest absolute Gasteiger partial charge is 0.131 e. The highest BCUT2D eigenvalue weighted by molar-refractivity contribution is 7.25. The van der Waals surface area contributed by atoms with Crippen molar-refractivity contribution in [2.45, 2.75) is 59.5 Å². The van der Waals surface area contributed by atoms with E-state index in [1.165, 1.54) is 20.2 Å². The normalized spacial score (nSPS) is 10.3. The molecule has 0 bridgehead atoms. The molecular formula is C33H30N6S2. The van der Waals surface area contributed by atoms with Crippen LogP contribution in [0.5, 0.6) is 0 Å². The summed E-state index contributed by atoms with van der Waals surface area (Å²) in [5.41, 5.74) is 5.41. The van der Waals surface area contributed by atoms with Crippen LogP contribution < -0.4 is 0 Å². The Morgan fingerprint density at radius 2 is 1.17 bits per heavy atom. The monoisotopic (exact) mass is 574 g/mol. The molecule has 6 nitrogen and oxygen atoms in total. The van der Waals surface area contributed by atoms with Gasteiger partial charge in [0, 0.05) is 34.2 Å². The van der Waals surface area contributed by atoms with E-state index in [4.69, 9.17) is 0 Å². The fourth-order valence-electron chi connectivity index (χ4n) is 4.89. The minimum Gasteiger partial charge on any atom is -0.340 e. The van der Waals surface area contributed by atoms with Crippen LogP contribution in [0, 0.1) is 45.3 Å². The first-order valence-electron chi connectivity index (χ1n) is 13.7. The van der Waals surface area contributed by atoms with E-state index in [-0.39, 0.29) is 11.1 Å². The van der Waals surface area contributed by atoms with Crippen molar-refractivity contribution in [3.8, 4) is 55.2 Å². The van der Waals surface area contributed by atoms with E-state index in [1.807, 2.05) is 36.4 Å². The fraction of sp³-hybridized carbons (Fsp3) is 0.273. The molecule has 0 aliphatic rings. The summed E-state index contributed by atoms with van der Waals surface area (Å²) in [6.45, 7) is 8.02. The number of nitrogens with zero attached hydrogens (tertiary/aromatic N) is 6. The van der Waals surface area contributed by atoms with Gasteiger partial charge in [0.1, 0.15) is 35.4 Å². The fourth-order valence-corrected chi connectivity index (χ4v) is 7.32. The number of thiophene rings is 2. The SMILES string of the molecule is CCCc1cc(-c2ccc(C=C(C#N)C#N)n2CCC)sc1-c1ccc(-c2ccc(C=C(C#N)C#N)n2CCC)s1. The molecule has 4 aromatic rings. The third-order valence-corrected chi connectivity index (χ3v) is 9.14. The van der Waals surface area contributed by atoms with Crippen molar-refractivity contribution in [2.24, 2.45) is 0 Å². The van der Waals surface area contributed by atoms with E-state index in [9.17, 15) is 21.0 Å². The highest BCUT2D eigenvalue weighted by atomic mass is 32.1. The molecule has 4 heterocycles. The van der Waals surface area contributed by atoms with Crippen LogP contribution in [-0.4, -0.2) is 9.13 Å². The summed E-state index contributed by atoms with van der Waals surface area (Å²) < 4.78 is 4.38. The number of aromatic nitrogens is 2. The molecule has 0 radical (unpaired) electrons. The summed E-state index contributed by atoms with van der Waals surface area (Å²) >= 11 is 3.54. The third-order valence-electron chi connectivity index (χ3n) is 6.65. The molecule has 0 N–H and O–H groups in total. The van der Waals surface area contributed by atoms with E-state index in [0.717, 1.165) is 66.4 Å². The molecule has 0 saturated carbocycles. The summed E-state index contributed by atoms with van der Waals surface area (Å²) in [7, 11) is 0. The quantitative estimate of drug-likeness (QED) is 0.167. The number of nitriles is 4. The van der Waals surface area contributed by atoms with Gasteiger partial charge >= 0.3 is 0 Å². The molecule has 0 fully saturated rings. The number of allylic oxidation sites excluding steroid dienone is 2. The maximum atomic E-state index is 9.27. The molecule has 0 aliphatic heterocycles. The second-order valence-electron chi connectivity index (χ2n) is 9.53. The predicted octanol–water partition coefficient (Wildman–Crippen LogP) is 9.05. The average Bonchev–Trinajstić information content (AvgIpc) is 3.78. The summed E-state index contributed by atoms with van der Waals surface area (Å²) in [5.74, 6) is 0. The van der Waals surface area contributed by atoms with E-state index in [1.54, 1.807) is 34.8 Å². The lowest BCUT2D eigenvalue weighted by Gasteiger charge is -2.09. The van der Waals surface area contributed by atoms with Gasteiger partial charge in [-0.3, -0.25) is 0 Å². The predicted molar refractivity (Wildman–Crippen MR) is 167 cm³/mol. The lowest BCUT2D eigenvalue weighted by Crippen LogP contribution is -2.01. The second kappa shape index (κ2) is 13.6. The first-order valence-corrected chi connectivity index (χ1v) is 15.3. The molecule has 0 spiro atoms. The molecule has 0 saturated heterocycles. The molecule has 0 aromatic carbocycles. The van der Waals surface area contributed by atoms with Gasteiger partial charge in [0.15, 0.2) is 0 Å². The summed E-state index contributed by atoms with van der Waals surface area (Å²) in [6, 6.07) is 22.6. The highest BCUT2D eigenvalue weighted by Gasteiger charge is 2.19. The van der Waals surface area contributed by atoms with Gasteiger partial charge in [0.05, 0.1) is 21.1 Å². The Balaban J connectivity index is 1.78. The maximum absolute atomic E-state index is 9.27. The van der Waals surface area contributed by atoms with Gasteiger partial charge < -0.3 is 9.13 Å². The van der Waals surface area contributed by atoms with Crippen LogP contribution in [0.15, 0.2) is 53.6 Å². The van der Waals surface area contributed by atoms with Gasteiger partial charge in [-0.05, 0) is 79.4 Å². The van der Waals surface area contributed by atoms with Crippen molar-refractivity contribution in [2.75, 3.05) is 0 Å². The molecular weight excluding hydrogens is 545 g/mol. The maximum Gasteiger partial charge on any atom is 0.131 e. The topological polar surface area (TPSA) is 105 Å². The molecule has 0 atom stereocenters. The summed E-state index contributed by atoms with van der Waals surface area (Å²) in [4.78, 5) is 4.78. The first kappa shape index (κ1) is 29.4. The van der Waals surface area contributed by atoms with E-state index in [2.05, 4.69) is 60.2 Å². The van der Waals surface area contributed by atoms with Crippen LogP contribution in [0.2, 0.25) is 0 Å². The van der Waals surface area contributed by atoms with Gasteiger partial charge in [-0.25, -0.2) is 0 Å².